The normalized spacial score (nSPS) is 11.5. The molecule has 0 heterocycles. The molecule has 0 aromatic heterocycles. The SMILES string of the molecule is COC(=O)C(C)CSCc1ccc(OC)c(C#N)c1. The maximum Gasteiger partial charge on any atom is 0.309 e. The first-order valence-electron chi connectivity index (χ1n) is 5.85. The van der Waals surface area contributed by atoms with E-state index in [4.69, 9.17) is 10.00 Å². The van der Waals surface area contributed by atoms with Crippen molar-refractivity contribution >= 4 is 17.7 Å². The van der Waals surface area contributed by atoms with Crippen molar-refractivity contribution in [2.24, 2.45) is 5.92 Å². The standard InChI is InChI=1S/C14H17NO3S/c1-10(14(16)18-3)8-19-9-11-4-5-13(17-2)12(6-11)7-15/h4-6,10H,8-9H2,1-3H3. The molecule has 1 aromatic carbocycles. The number of hydrogen-bond acceptors (Lipinski definition) is 5. The van der Waals surface area contributed by atoms with E-state index in [1.165, 1.54) is 7.11 Å². The van der Waals surface area contributed by atoms with Gasteiger partial charge in [-0.1, -0.05) is 13.0 Å². The first kappa shape index (κ1) is 15.4. The Kier molecular flexibility index (Phi) is 6.23. The van der Waals surface area contributed by atoms with Crippen LogP contribution in [0.1, 0.15) is 18.1 Å². The molecule has 0 fully saturated rings. The molecular formula is C14H17NO3S. The lowest BCUT2D eigenvalue weighted by Crippen LogP contribution is -2.14. The van der Waals surface area contributed by atoms with E-state index in [9.17, 15) is 4.79 Å². The summed E-state index contributed by atoms with van der Waals surface area (Å²) in [7, 11) is 2.94. The zero-order chi connectivity index (χ0) is 14.3. The third-order valence-electron chi connectivity index (χ3n) is 2.62. The van der Waals surface area contributed by atoms with Crippen LogP contribution in [0.2, 0.25) is 0 Å². The Morgan fingerprint density at radius 3 is 2.79 bits per heavy atom. The van der Waals surface area contributed by atoms with Crippen LogP contribution in [0.15, 0.2) is 18.2 Å². The first-order valence-corrected chi connectivity index (χ1v) is 7.00. The van der Waals surface area contributed by atoms with Gasteiger partial charge < -0.3 is 9.47 Å². The summed E-state index contributed by atoms with van der Waals surface area (Å²) in [5.74, 6) is 1.71. The largest absolute Gasteiger partial charge is 0.495 e. The summed E-state index contributed by atoms with van der Waals surface area (Å²) in [6.07, 6.45) is 0. The van der Waals surface area contributed by atoms with E-state index in [0.29, 0.717) is 17.1 Å². The Labute approximate surface area is 117 Å². The van der Waals surface area contributed by atoms with Crippen molar-refractivity contribution in [2.75, 3.05) is 20.0 Å². The molecule has 0 saturated carbocycles. The summed E-state index contributed by atoms with van der Waals surface area (Å²) < 4.78 is 9.76. The molecule has 1 aromatic rings. The second-order valence-electron chi connectivity index (χ2n) is 4.09. The number of nitrogens with zero attached hydrogens (tertiary/aromatic N) is 1. The number of carbonyl (C=O) groups is 1. The van der Waals surface area contributed by atoms with Crippen LogP contribution in [0.5, 0.6) is 5.75 Å². The highest BCUT2D eigenvalue weighted by atomic mass is 32.2. The Morgan fingerprint density at radius 1 is 1.47 bits per heavy atom. The third kappa shape index (κ3) is 4.49. The molecule has 0 aliphatic carbocycles. The topological polar surface area (TPSA) is 59.3 Å². The number of carbonyl (C=O) groups excluding carboxylic acids is 1. The number of methoxy groups -OCH3 is 2. The van der Waals surface area contributed by atoms with E-state index in [1.54, 1.807) is 24.9 Å². The van der Waals surface area contributed by atoms with Crippen LogP contribution in [0, 0.1) is 17.2 Å². The molecule has 5 heteroatoms. The molecular weight excluding hydrogens is 262 g/mol. The first-order chi connectivity index (χ1) is 9.12. The lowest BCUT2D eigenvalue weighted by molar-refractivity contribution is -0.143. The van der Waals surface area contributed by atoms with Crippen molar-refractivity contribution in [1.82, 2.24) is 0 Å². The minimum atomic E-state index is -0.194. The van der Waals surface area contributed by atoms with Gasteiger partial charge in [-0.15, -0.1) is 0 Å². The molecule has 1 atom stereocenters. The van der Waals surface area contributed by atoms with Gasteiger partial charge in [-0.25, -0.2) is 0 Å². The average molecular weight is 279 g/mol. The molecule has 1 rings (SSSR count). The number of ether oxygens (including phenoxy) is 2. The van der Waals surface area contributed by atoms with Crippen LogP contribution < -0.4 is 4.74 Å². The van der Waals surface area contributed by atoms with Gasteiger partial charge in [-0.3, -0.25) is 4.79 Å². The number of hydrogen-bond donors (Lipinski definition) is 0. The van der Waals surface area contributed by atoms with E-state index in [-0.39, 0.29) is 11.9 Å². The fourth-order valence-electron chi connectivity index (χ4n) is 1.56. The molecule has 0 N–H and O–H groups in total. The van der Waals surface area contributed by atoms with Gasteiger partial charge in [-0.05, 0) is 17.7 Å². The summed E-state index contributed by atoms with van der Waals surface area (Å²) in [4.78, 5) is 11.2. The fraction of sp³-hybridized carbons (Fsp3) is 0.429. The van der Waals surface area contributed by atoms with E-state index in [2.05, 4.69) is 10.8 Å². The van der Waals surface area contributed by atoms with Crippen LogP contribution in [0.4, 0.5) is 0 Å². The van der Waals surface area contributed by atoms with Crippen LogP contribution >= 0.6 is 11.8 Å². The van der Waals surface area contributed by atoms with Crippen LogP contribution in [0.25, 0.3) is 0 Å². The summed E-state index contributed by atoms with van der Waals surface area (Å²) in [5, 5.41) is 8.99. The highest BCUT2D eigenvalue weighted by Crippen LogP contribution is 2.22. The molecule has 1 unspecified atom stereocenters. The van der Waals surface area contributed by atoms with E-state index in [0.717, 1.165) is 11.3 Å². The van der Waals surface area contributed by atoms with Gasteiger partial charge in [0.1, 0.15) is 11.8 Å². The van der Waals surface area contributed by atoms with Crippen molar-refractivity contribution < 1.29 is 14.3 Å². The summed E-state index contributed by atoms with van der Waals surface area (Å²) in [6, 6.07) is 7.64. The second kappa shape index (κ2) is 7.70. The smallest absolute Gasteiger partial charge is 0.309 e. The van der Waals surface area contributed by atoms with E-state index in [1.807, 2.05) is 19.1 Å². The zero-order valence-electron chi connectivity index (χ0n) is 11.3. The van der Waals surface area contributed by atoms with Gasteiger partial charge in [0, 0.05) is 11.5 Å². The van der Waals surface area contributed by atoms with Crippen LogP contribution in [-0.4, -0.2) is 25.9 Å². The van der Waals surface area contributed by atoms with Crippen molar-refractivity contribution in [1.29, 1.82) is 5.26 Å². The maximum absolute atomic E-state index is 11.2. The lowest BCUT2D eigenvalue weighted by atomic mass is 10.1. The van der Waals surface area contributed by atoms with Gasteiger partial charge in [0.25, 0.3) is 0 Å². The molecule has 0 radical (unpaired) electrons. The number of benzene rings is 1. The van der Waals surface area contributed by atoms with Gasteiger partial charge >= 0.3 is 5.97 Å². The minimum Gasteiger partial charge on any atom is -0.495 e. The fourth-order valence-corrected chi connectivity index (χ4v) is 2.58. The summed E-state index contributed by atoms with van der Waals surface area (Å²) in [5.41, 5.74) is 1.57. The second-order valence-corrected chi connectivity index (χ2v) is 5.12. The lowest BCUT2D eigenvalue weighted by Gasteiger charge is -2.09. The number of thioether (sulfide) groups is 1. The molecule has 0 bridgehead atoms. The van der Waals surface area contributed by atoms with Gasteiger partial charge in [-0.2, -0.15) is 17.0 Å². The highest BCUT2D eigenvalue weighted by molar-refractivity contribution is 7.98. The maximum atomic E-state index is 11.2. The van der Waals surface area contributed by atoms with Gasteiger partial charge in [0.05, 0.1) is 25.7 Å². The Morgan fingerprint density at radius 2 is 2.21 bits per heavy atom. The molecule has 0 aliphatic rings. The van der Waals surface area contributed by atoms with E-state index < -0.39 is 0 Å². The zero-order valence-corrected chi connectivity index (χ0v) is 12.1. The molecule has 4 nitrogen and oxygen atoms in total. The minimum absolute atomic E-state index is 0.122. The predicted octanol–water partition coefficient (Wildman–Crippen LogP) is 2.61. The molecule has 19 heavy (non-hydrogen) atoms. The average Bonchev–Trinajstić information content (AvgIpc) is 2.45. The molecule has 0 saturated heterocycles. The van der Waals surface area contributed by atoms with Gasteiger partial charge in [0.2, 0.25) is 0 Å². The van der Waals surface area contributed by atoms with Crippen molar-refractivity contribution in [2.45, 2.75) is 12.7 Å². The monoisotopic (exact) mass is 279 g/mol. The molecule has 0 amide bonds. The number of esters is 1. The van der Waals surface area contributed by atoms with Crippen molar-refractivity contribution in [3.05, 3.63) is 29.3 Å². The van der Waals surface area contributed by atoms with E-state index >= 15 is 0 Å². The molecule has 0 spiro atoms. The Hall–Kier alpha value is -1.67. The van der Waals surface area contributed by atoms with Gasteiger partial charge in [0.15, 0.2) is 0 Å². The van der Waals surface area contributed by atoms with Crippen LogP contribution in [0.3, 0.4) is 0 Å². The number of nitriles is 1. The predicted molar refractivity (Wildman–Crippen MR) is 75.1 cm³/mol. The Balaban J connectivity index is 2.55. The third-order valence-corrected chi connectivity index (χ3v) is 3.90. The van der Waals surface area contributed by atoms with Crippen molar-refractivity contribution in [3.63, 3.8) is 0 Å². The summed E-state index contributed by atoms with van der Waals surface area (Å²) >= 11 is 1.64. The molecule has 0 aliphatic heterocycles. The molecule has 102 valence electrons. The number of rotatable bonds is 6. The highest BCUT2D eigenvalue weighted by Gasteiger charge is 2.13. The Bertz CT molecular complexity index is 482. The summed E-state index contributed by atoms with van der Waals surface area (Å²) in [6.45, 7) is 1.84. The van der Waals surface area contributed by atoms with Crippen LogP contribution in [-0.2, 0) is 15.3 Å². The van der Waals surface area contributed by atoms with Crippen molar-refractivity contribution in [3.8, 4) is 11.8 Å². The quantitative estimate of drug-likeness (QED) is 0.749.